The molecule has 0 aromatic carbocycles. The largest absolute Gasteiger partial charge is 0.464 e. The van der Waals surface area contributed by atoms with Gasteiger partial charge in [-0.15, -0.1) is 0 Å². The number of aliphatic hydroxyl groups is 1. The van der Waals surface area contributed by atoms with Gasteiger partial charge < -0.3 is 14.6 Å². The lowest BCUT2D eigenvalue weighted by atomic mass is 10.3. The number of methoxy groups -OCH3 is 1. The first-order valence-electron chi connectivity index (χ1n) is 3.95. The molecule has 0 fully saturated rings. The first-order valence-corrected chi connectivity index (χ1v) is 3.95. The van der Waals surface area contributed by atoms with Crippen molar-refractivity contribution in [3.8, 4) is 0 Å². The number of carbonyl (C=O) groups is 1. The van der Waals surface area contributed by atoms with Crippen molar-refractivity contribution >= 4 is 5.97 Å². The van der Waals surface area contributed by atoms with Crippen LogP contribution in [0.4, 0.5) is 0 Å². The van der Waals surface area contributed by atoms with Crippen LogP contribution in [0.1, 0.15) is 20.3 Å². The highest BCUT2D eigenvalue weighted by Gasteiger charge is 2.10. The Hall–Kier alpha value is -0.610. The Labute approximate surface area is 72.5 Å². The van der Waals surface area contributed by atoms with Gasteiger partial charge in [0.1, 0.15) is 6.10 Å². The summed E-state index contributed by atoms with van der Waals surface area (Å²) in [6.07, 6.45) is -0.316. The van der Waals surface area contributed by atoms with Gasteiger partial charge in [0.25, 0.3) is 0 Å². The molecule has 72 valence electrons. The number of hydrogen-bond donors (Lipinski definition) is 1. The number of ether oxygens (including phenoxy) is 2. The van der Waals surface area contributed by atoms with Crippen LogP contribution in [0.3, 0.4) is 0 Å². The van der Waals surface area contributed by atoms with E-state index < -0.39 is 12.1 Å². The van der Waals surface area contributed by atoms with Gasteiger partial charge in [-0.25, -0.2) is 4.79 Å². The molecule has 0 aromatic rings. The first kappa shape index (κ1) is 11.4. The van der Waals surface area contributed by atoms with E-state index in [-0.39, 0.29) is 6.10 Å². The fraction of sp³-hybridized carbons (Fsp3) is 0.875. The molecule has 0 aliphatic heterocycles. The van der Waals surface area contributed by atoms with Crippen LogP contribution in [0.5, 0.6) is 0 Å². The van der Waals surface area contributed by atoms with Crippen molar-refractivity contribution in [2.45, 2.75) is 32.5 Å². The van der Waals surface area contributed by atoms with Crippen LogP contribution in [-0.4, -0.2) is 37.0 Å². The van der Waals surface area contributed by atoms with Crippen molar-refractivity contribution in [3.05, 3.63) is 0 Å². The SMILES string of the molecule is COC(C)CCOC(=O)C(C)O. The van der Waals surface area contributed by atoms with E-state index in [1.807, 2.05) is 6.92 Å². The molecular weight excluding hydrogens is 160 g/mol. The van der Waals surface area contributed by atoms with Gasteiger partial charge >= 0.3 is 5.97 Å². The fourth-order valence-electron chi connectivity index (χ4n) is 0.564. The zero-order valence-corrected chi connectivity index (χ0v) is 7.74. The number of carbonyl (C=O) groups excluding carboxylic acids is 1. The monoisotopic (exact) mass is 176 g/mol. The van der Waals surface area contributed by atoms with Crippen LogP contribution < -0.4 is 0 Å². The highest BCUT2D eigenvalue weighted by Crippen LogP contribution is 1.96. The average molecular weight is 176 g/mol. The summed E-state index contributed by atoms with van der Waals surface area (Å²) in [5.74, 6) is -0.585. The van der Waals surface area contributed by atoms with E-state index in [1.165, 1.54) is 6.92 Å². The van der Waals surface area contributed by atoms with E-state index in [9.17, 15) is 4.79 Å². The Morgan fingerprint density at radius 1 is 1.50 bits per heavy atom. The van der Waals surface area contributed by atoms with Crippen LogP contribution in [0.2, 0.25) is 0 Å². The molecule has 2 atom stereocenters. The molecule has 0 aromatic heterocycles. The van der Waals surface area contributed by atoms with Gasteiger partial charge in [-0.2, -0.15) is 0 Å². The summed E-state index contributed by atoms with van der Waals surface area (Å²) in [4.78, 5) is 10.7. The number of aliphatic hydroxyl groups excluding tert-OH is 1. The standard InChI is InChI=1S/C8H16O4/c1-6(11-3)4-5-12-8(10)7(2)9/h6-7,9H,4-5H2,1-3H3. The highest BCUT2D eigenvalue weighted by molar-refractivity contribution is 5.73. The number of rotatable bonds is 5. The van der Waals surface area contributed by atoms with Gasteiger partial charge in [-0.3, -0.25) is 0 Å². The van der Waals surface area contributed by atoms with Gasteiger partial charge in [0.15, 0.2) is 0 Å². The van der Waals surface area contributed by atoms with Crippen molar-refractivity contribution < 1.29 is 19.4 Å². The molecule has 0 aliphatic carbocycles. The van der Waals surface area contributed by atoms with E-state index in [4.69, 9.17) is 14.6 Å². The molecule has 12 heavy (non-hydrogen) atoms. The molecular formula is C8H16O4. The van der Waals surface area contributed by atoms with Crippen molar-refractivity contribution in [1.29, 1.82) is 0 Å². The summed E-state index contributed by atoms with van der Waals surface area (Å²) < 4.78 is 9.65. The normalized spacial score (nSPS) is 15.3. The zero-order valence-electron chi connectivity index (χ0n) is 7.74. The Kier molecular flexibility index (Phi) is 5.66. The first-order chi connectivity index (χ1) is 5.57. The minimum Gasteiger partial charge on any atom is -0.464 e. The maximum Gasteiger partial charge on any atom is 0.334 e. The maximum atomic E-state index is 10.7. The van der Waals surface area contributed by atoms with Crippen molar-refractivity contribution in [1.82, 2.24) is 0 Å². The fourth-order valence-corrected chi connectivity index (χ4v) is 0.564. The van der Waals surface area contributed by atoms with Crippen LogP contribution in [0.25, 0.3) is 0 Å². The van der Waals surface area contributed by atoms with Crippen LogP contribution in [0.15, 0.2) is 0 Å². The molecule has 0 saturated heterocycles. The quantitative estimate of drug-likeness (QED) is 0.613. The number of hydrogen-bond acceptors (Lipinski definition) is 4. The Morgan fingerprint density at radius 2 is 2.08 bits per heavy atom. The van der Waals surface area contributed by atoms with Gasteiger partial charge in [0.2, 0.25) is 0 Å². The van der Waals surface area contributed by atoms with Crippen molar-refractivity contribution in [3.63, 3.8) is 0 Å². The lowest BCUT2D eigenvalue weighted by Crippen LogP contribution is -2.21. The third-order valence-corrected chi connectivity index (χ3v) is 1.51. The van der Waals surface area contributed by atoms with E-state index >= 15 is 0 Å². The van der Waals surface area contributed by atoms with Crippen LogP contribution in [-0.2, 0) is 14.3 Å². The lowest BCUT2D eigenvalue weighted by molar-refractivity contribution is -0.153. The number of esters is 1. The molecule has 0 aliphatic rings. The van der Waals surface area contributed by atoms with Crippen LogP contribution >= 0.6 is 0 Å². The molecule has 4 nitrogen and oxygen atoms in total. The van der Waals surface area contributed by atoms with Gasteiger partial charge in [0.05, 0.1) is 12.7 Å². The predicted molar refractivity (Wildman–Crippen MR) is 43.7 cm³/mol. The second-order valence-electron chi connectivity index (χ2n) is 2.68. The van der Waals surface area contributed by atoms with E-state index in [0.717, 1.165) is 0 Å². The Balaban J connectivity index is 3.37. The minimum atomic E-state index is -1.04. The Bertz CT molecular complexity index is 133. The van der Waals surface area contributed by atoms with Gasteiger partial charge in [-0.05, 0) is 13.8 Å². The third kappa shape index (κ3) is 5.09. The Morgan fingerprint density at radius 3 is 2.50 bits per heavy atom. The molecule has 0 rings (SSSR count). The van der Waals surface area contributed by atoms with E-state index in [2.05, 4.69) is 0 Å². The molecule has 0 radical (unpaired) electrons. The molecule has 4 heteroatoms. The van der Waals surface area contributed by atoms with E-state index in [1.54, 1.807) is 7.11 Å². The predicted octanol–water partition coefficient (Wildman–Crippen LogP) is 0.335. The van der Waals surface area contributed by atoms with E-state index in [0.29, 0.717) is 13.0 Å². The summed E-state index contributed by atoms with van der Waals surface area (Å²) >= 11 is 0. The second-order valence-corrected chi connectivity index (χ2v) is 2.68. The summed E-state index contributed by atoms with van der Waals surface area (Å²) in [5.41, 5.74) is 0. The summed E-state index contributed by atoms with van der Waals surface area (Å²) in [6, 6.07) is 0. The summed E-state index contributed by atoms with van der Waals surface area (Å²) in [7, 11) is 1.60. The molecule has 0 bridgehead atoms. The van der Waals surface area contributed by atoms with Gasteiger partial charge in [-0.1, -0.05) is 0 Å². The molecule has 0 spiro atoms. The highest BCUT2D eigenvalue weighted by atomic mass is 16.5. The molecule has 1 N–H and O–H groups in total. The van der Waals surface area contributed by atoms with Gasteiger partial charge in [0, 0.05) is 13.5 Å². The summed E-state index contributed by atoms with van der Waals surface area (Å²) in [6.45, 7) is 3.55. The topological polar surface area (TPSA) is 55.8 Å². The van der Waals surface area contributed by atoms with Crippen molar-refractivity contribution in [2.24, 2.45) is 0 Å². The minimum absolute atomic E-state index is 0.0757. The molecule has 0 heterocycles. The molecule has 0 saturated carbocycles. The average Bonchev–Trinajstić information content (AvgIpc) is 2.03. The smallest absolute Gasteiger partial charge is 0.334 e. The van der Waals surface area contributed by atoms with Crippen molar-refractivity contribution in [2.75, 3.05) is 13.7 Å². The second kappa shape index (κ2) is 5.97. The van der Waals surface area contributed by atoms with Crippen LogP contribution in [0, 0.1) is 0 Å². The third-order valence-electron chi connectivity index (χ3n) is 1.51. The maximum absolute atomic E-state index is 10.7. The molecule has 2 unspecified atom stereocenters. The zero-order chi connectivity index (χ0) is 9.56. The molecule has 0 amide bonds. The summed E-state index contributed by atoms with van der Waals surface area (Å²) in [5, 5.41) is 8.74. The lowest BCUT2D eigenvalue weighted by Gasteiger charge is -2.10.